The van der Waals surface area contributed by atoms with Crippen LogP contribution in [0.15, 0.2) is 91.1 Å². The maximum Gasteiger partial charge on any atom is 0.330 e. The summed E-state index contributed by atoms with van der Waals surface area (Å²) in [6.45, 7) is 8.87. The molecule has 0 saturated carbocycles. The minimum atomic E-state index is -1.52. The van der Waals surface area contributed by atoms with Crippen molar-refractivity contribution in [2.75, 3.05) is 111 Å². The fraction of sp³-hybridized carbons (Fsp3) is 0.489. The Kier molecular flexibility index (Phi) is 27.8. The largest absolute Gasteiger partial charge is 0.484 e. The van der Waals surface area contributed by atoms with Gasteiger partial charge in [0.25, 0.3) is 5.91 Å². The molecule has 1 aromatic rings. The summed E-state index contributed by atoms with van der Waals surface area (Å²) in [4.78, 5) is 62.0. The van der Waals surface area contributed by atoms with Gasteiger partial charge < -0.3 is 66.9 Å². The van der Waals surface area contributed by atoms with Crippen LogP contribution in [0.1, 0.15) is 10.4 Å². The lowest BCUT2D eigenvalue weighted by Gasteiger charge is -2.39. The van der Waals surface area contributed by atoms with E-state index in [1.54, 1.807) is 18.2 Å². The summed E-state index contributed by atoms with van der Waals surface area (Å²) in [5.41, 5.74) is 5.10. The van der Waals surface area contributed by atoms with Crippen LogP contribution in [0, 0.1) is 18.3 Å². The highest BCUT2D eigenvalue weighted by molar-refractivity contribution is 7.99. The third-order valence-electron chi connectivity index (χ3n) is 8.57. The number of benzene rings is 1. The molecule has 0 aliphatic carbocycles. The van der Waals surface area contributed by atoms with Crippen molar-refractivity contribution >= 4 is 41.4 Å². The van der Waals surface area contributed by atoms with Crippen molar-refractivity contribution < 1.29 is 85.6 Å². The van der Waals surface area contributed by atoms with Crippen LogP contribution in [0.2, 0.25) is 0 Å². The summed E-state index contributed by atoms with van der Waals surface area (Å²) >= 11 is 1.45. The highest BCUT2D eigenvalue weighted by atomic mass is 32.2. The standard InChI is InChI=1S/C45H59N3O18S/c1-5-33-28-34(12-11-27-67-36-14-10-9-13-35(36)41(33)53)63-29-37(49)48-45(30-64-42(46)60-24-18-54-15-21-57-38(50)6-2)31-65-43(61-25-19-55-16-22-58-39(51)7-3)47-44(66-32-45)62-26-20-56-17-23-59-40(52)8-4/h1,6-14,28,33,42-44,47H,2-4,15-27,29-32,46H2,(H,48,49)/b12-11-,34-28+. The Balaban J connectivity index is 1.75. The van der Waals surface area contributed by atoms with Crippen molar-refractivity contribution in [3.8, 4) is 12.3 Å². The van der Waals surface area contributed by atoms with E-state index in [2.05, 4.69) is 36.3 Å². The Labute approximate surface area is 393 Å². The molecule has 0 bridgehead atoms. The van der Waals surface area contributed by atoms with Gasteiger partial charge in [-0.15, -0.1) is 18.2 Å². The van der Waals surface area contributed by atoms with Gasteiger partial charge in [-0.25, -0.2) is 19.7 Å². The quantitative estimate of drug-likeness (QED) is 0.0237. The third-order valence-corrected chi connectivity index (χ3v) is 9.60. The number of rotatable bonds is 31. The first-order valence-corrected chi connectivity index (χ1v) is 21.9. The van der Waals surface area contributed by atoms with Crippen LogP contribution in [-0.4, -0.2) is 166 Å². The minimum Gasteiger partial charge on any atom is -0.484 e. The molecular weight excluding hydrogens is 903 g/mol. The molecule has 21 nitrogen and oxygen atoms in total. The van der Waals surface area contributed by atoms with E-state index < -0.39 is 61.1 Å². The number of ether oxygens (including phenoxy) is 13. The number of nitrogens with two attached hydrogens (primary N) is 1. The predicted octanol–water partition coefficient (Wildman–Crippen LogP) is 1.29. The van der Waals surface area contributed by atoms with E-state index in [1.165, 1.54) is 17.8 Å². The summed E-state index contributed by atoms with van der Waals surface area (Å²) < 4.78 is 72.4. The van der Waals surface area contributed by atoms with Gasteiger partial charge in [-0.05, 0) is 18.2 Å². The number of carbonyl (C=O) groups excluding carboxylic acids is 5. The van der Waals surface area contributed by atoms with Crippen molar-refractivity contribution in [1.82, 2.24) is 10.6 Å². The summed E-state index contributed by atoms with van der Waals surface area (Å²) in [6.07, 6.45) is 10.0. The molecule has 67 heavy (non-hydrogen) atoms. The van der Waals surface area contributed by atoms with Crippen molar-refractivity contribution in [1.29, 1.82) is 0 Å². The Morgan fingerprint density at radius 1 is 0.821 bits per heavy atom. The predicted molar refractivity (Wildman–Crippen MR) is 238 cm³/mol. The van der Waals surface area contributed by atoms with Gasteiger partial charge in [0.15, 0.2) is 12.4 Å². The number of amides is 1. The average Bonchev–Trinajstić information content (AvgIpc) is 3.33. The molecule has 4 atom stereocenters. The van der Waals surface area contributed by atoms with Crippen LogP contribution >= 0.6 is 11.8 Å². The van der Waals surface area contributed by atoms with Crippen LogP contribution in [0.4, 0.5) is 0 Å². The molecule has 1 fully saturated rings. The van der Waals surface area contributed by atoms with Crippen molar-refractivity contribution in [3.05, 3.63) is 91.8 Å². The van der Waals surface area contributed by atoms with Crippen molar-refractivity contribution in [3.63, 3.8) is 0 Å². The van der Waals surface area contributed by atoms with Gasteiger partial charge >= 0.3 is 17.9 Å². The van der Waals surface area contributed by atoms with Crippen LogP contribution in [-0.2, 0) is 80.8 Å². The number of fused-ring (bicyclic) bond motifs is 1. The number of thioether (sulfide) groups is 1. The lowest BCUT2D eigenvalue weighted by molar-refractivity contribution is -0.277. The Morgan fingerprint density at radius 3 is 1.91 bits per heavy atom. The van der Waals surface area contributed by atoms with Gasteiger partial charge in [-0.3, -0.25) is 15.3 Å². The molecule has 0 aromatic heterocycles. The molecule has 2 aliphatic rings. The average molecular weight is 962 g/mol. The number of hydrogen-bond donors (Lipinski definition) is 3. The molecular formula is C45H59N3O18S. The third kappa shape index (κ3) is 23.3. The number of ketones is 1. The second-order valence-corrected chi connectivity index (χ2v) is 14.7. The van der Waals surface area contributed by atoms with Crippen LogP contribution in [0.3, 0.4) is 0 Å². The van der Waals surface area contributed by atoms with Crippen LogP contribution < -0.4 is 16.4 Å². The van der Waals surface area contributed by atoms with E-state index in [9.17, 15) is 24.0 Å². The molecule has 2 aliphatic heterocycles. The first-order chi connectivity index (χ1) is 32.5. The Hall–Kier alpha value is -5.26. The number of Topliss-reactive ketones (excluding diaryl/α,β-unsaturated/α-hetero) is 1. The molecule has 2 heterocycles. The fourth-order valence-corrected chi connectivity index (χ4v) is 6.26. The monoisotopic (exact) mass is 961 g/mol. The van der Waals surface area contributed by atoms with Gasteiger partial charge in [0, 0.05) is 34.4 Å². The summed E-state index contributed by atoms with van der Waals surface area (Å²) in [5.74, 6) is -0.514. The molecule has 368 valence electrons. The van der Waals surface area contributed by atoms with Gasteiger partial charge in [0.2, 0.25) is 19.2 Å². The highest BCUT2D eigenvalue weighted by Gasteiger charge is 2.39. The van der Waals surface area contributed by atoms with Crippen molar-refractivity contribution in [2.24, 2.45) is 11.7 Å². The SMILES string of the molecule is C#CC1/C=C(OCC(=O)NC2(COC(N)OCCOCCOC(=O)C=C)COC(OCCOCCOC(=O)C=C)NC(OCCOCCOC(=O)C=C)OC2)\C=C/CSc2ccccc2C1=O. The molecule has 0 radical (unpaired) electrons. The minimum absolute atomic E-state index is 0.00659. The topological polar surface area (TPSA) is 255 Å². The van der Waals surface area contributed by atoms with E-state index in [-0.39, 0.29) is 111 Å². The molecule has 1 saturated heterocycles. The number of carbonyl (C=O) groups is 5. The second kappa shape index (κ2) is 33.3. The number of hydrogen-bond acceptors (Lipinski definition) is 21. The van der Waals surface area contributed by atoms with Gasteiger partial charge in [-0.1, -0.05) is 49.9 Å². The van der Waals surface area contributed by atoms with Crippen LogP contribution in [0.5, 0.6) is 0 Å². The van der Waals surface area contributed by atoms with E-state index in [4.69, 9.17) is 73.7 Å². The zero-order valence-electron chi connectivity index (χ0n) is 37.1. The molecule has 1 amide bonds. The van der Waals surface area contributed by atoms with Crippen molar-refractivity contribution in [2.45, 2.75) is 29.7 Å². The molecule has 1 aromatic carbocycles. The first-order valence-electron chi connectivity index (χ1n) is 20.9. The number of terminal acetylenes is 1. The molecule has 3 rings (SSSR count). The fourth-order valence-electron chi connectivity index (χ4n) is 5.39. The Morgan fingerprint density at radius 2 is 1.36 bits per heavy atom. The molecule has 4 N–H and O–H groups in total. The first kappa shape index (κ1) is 56.1. The van der Waals surface area contributed by atoms with Gasteiger partial charge in [0.1, 0.15) is 37.0 Å². The second-order valence-electron chi connectivity index (χ2n) is 13.6. The Bertz CT molecular complexity index is 1800. The van der Waals surface area contributed by atoms with E-state index in [1.807, 2.05) is 18.2 Å². The zero-order chi connectivity index (χ0) is 48.5. The van der Waals surface area contributed by atoms with E-state index in [0.717, 1.165) is 23.1 Å². The normalized spacial score (nSPS) is 21.2. The number of allylic oxidation sites excluding steroid dienone is 2. The summed E-state index contributed by atoms with van der Waals surface area (Å²) in [7, 11) is 0. The zero-order valence-corrected chi connectivity index (χ0v) is 38.0. The van der Waals surface area contributed by atoms with E-state index in [0.29, 0.717) is 11.3 Å². The van der Waals surface area contributed by atoms with Gasteiger partial charge in [-0.2, -0.15) is 0 Å². The number of nitrogens with one attached hydrogen (secondary N) is 2. The van der Waals surface area contributed by atoms with Crippen LogP contribution in [0.25, 0.3) is 0 Å². The lowest BCUT2D eigenvalue weighted by Crippen LogP contribution is -2.64. The molecule has 0 spiro atoms. The molecule has 22 heteroatoms. The maximum atomic E-state index is 13.8. The maximum absolute atomic E-state index is 13.8. The summed E-state index contributed by atoms with van der Waals surface area (Å²) in [5, 5.41) is 5.81. The number of esters is 3. The highest BCUT2D eigenvalue weighted by Crippen LogP contribution is 2.27. The summed E-state index contributed by atoms with van der Waals surface area (Å²) in [6, 6.07) is 7.16. The van der Waals surface area contributed by atoms with E-state index >= 15 is 0 Å². The molecule has 4 unspecified atom stereocenters. The van der Waals surface area contributed by atoms with Gasteiger partial charge in [0.05, 0.1) is 79.3 Å². The smallest absolute Gasteiger partial charge is 0.330 e. The lowest BCUT2D eigenvalue weighted by atomic mass is 9.97.